The van der Waals surface area contributed by atoms with E-state index in [0.29, 0.717) is 12.5 Å². The molecule has 0 aromatic heterocycles. The van der Waals surface area contributed by atoms with Crippen molar-refractivity contribution in [1.82, 2.24) is 10.6 Å². The molecule has 1 aliphatic rings. The minimum absolute atomic E-state index is 0.0775. The van der Waals surface area contributed by atoms with Gasteiger partial charge in [0.25, 0.3) is 0 Å². The van der Waals surface area contributed by atoms with Crippen molar-refractivity contribution in [1.29, 1.82) is 0 Å². The number of amides is 1. The molecule has 0 unspecified atom stereocenters. The summed E-state index contributed by atoms with van der Waals surface area (Å²) in [6.07, 6.45) is 3.09. The Morgan fingerprint density at radius 3 is 3.18 bits per heavy atom. The molecule has 1 saturated heterocycles. The van der Waals surface area contributed by atoms with Crippen LogP contribution in [-0.2, 0) is 4.79 Å². The van der Waals surface area contributed by atoms with Gasteiger partial charge in [-0.15, -0.1) is 6.58 Å². The van der Waals surface area contributed by atoms with Crippen LogP contribution in [0.15, 0.2) is 12.7 Å². The maximum Gasteiger partial charge on any atom is 0.224 e. The molecule has 0 aliphatic carbocycles. The van der Waals surface area contributed by atoms with E-state index >= 15 is 0 Å². The number of rotatable bonds is 3. The lowest BCUT2D eigenvalue weighted by Crippen LogP contribution is -2.35. The molecule has 0 spiro atoms. The highest BCUT2D eigenvalue weighted by molar-refractivity contribution is 5.77. The Morgan fingerprint density at radius 2 is 2.64 bits per heavy atom. The molecule has 0 radical (unpaired) electrons. The highest BCUT2D eigenvalue weighted by atomic mass is 16.1. The van der Waals surface area contributed by atoms with Gasteiger partial charge in [0.15, 0.2) is 0 Å². The van der Waals surface area contributed by atoms with Gasteiger partial charge in [-0.2, -0.15) is 0 Å². The molecule has 11 heavy (non-hydrogen) atoms. The van der Waals surface area contributed by atoms with Crippen molar-refractivity contribution < 1.29 is 4.79 Å². The predicted molar refractivity (Wildman–Crippen MR) is 44.2 cm³/mol. The third kappa shape index (κ3) is 2.72. The van der Waals surface area contributed by atoms with Crippen LogP contribution in [0.2, 0.25) is 0 Å². The average molecular weight is 154 g/mol. The lowest BCUT2D eigenvalue weighted by Gasteiger charge is -2.09. The number of hydrogen-bond donors (Lipinski definition) is 2. The van der Waals surface area contributed by atoms with E-state index in [2.05, 4.69) is 17.2 Å². The van der Waals surface area contributed by atoms with Crippen molar-refractivity contribution in [3.05, 3.63) is 12.7 Å². The van der Waals surface area contributed by atoms with E-state index in [4.69, 9.17) is 0 Å². The fourth-order valence-electron chi connectivity index (χ4n) is 1.20. The monoisotopic (exact) mass is 154 g/mol. The second-order valence-corrected chi connectivity index (χ2v) is 2.75. The second kappa shape index (κ2) is 4.13. The Kier molecular flexibility index (Phi) is 3.11. The summed E-state index contributed by atoms with van der Waals surface area (Å²) in [4.78, 5) is 11.0. The normalized spacial score (nSPS) is 23.1. The third-order valence-corrected chi connectivity index (χ3v) is 1.76. The molecule has 1 rings (SSSR count). The summed E-state index contributed by atoms with van der Waals surface area (Å²) < 4.78 is 0. The van der Waals surface area contributed by atoms with E-state index in [1.807, 2.05) is 0 Å². The average Bonchev–Trinajstić information content (AvgIpc) is 2.40. The summed E-state index contributed by atoms with van der Waals surface area (Å²) in [7, 11) is 0. The maximum absolute atomic E-state index is 11.0. The van der Waals surface area contributed by atoms with Gasteiger partial charge in [0, 0.05) is 19.0 Å². The lowest BCUT2D eigenvalue weighted by molar-refractivity contribution is -0.120. The quantitative estimate of drug-likeness (QED) is 0.563. The van der Waals surface area contributed by atoms with Gasteiger partial charge in [-0.05, 0) is 13.0 Å². The van der Waals surface area contributed by atoms with Gasteiger partial charge in [-0.3, -0.25) is 4.79 Å². The molecule has 1 heterocycles. The van der Waals surface area contributed by atoms with Crippen LogP contribution in [0.4, 0.5) is 0 Å². The van der Waals surface area contributed by atoms with Gasteiger partial charge >= 0.3 is 0 Å². The minimum Gasteiger partial charge on any atom is -0.352 e. The summed E-state index contributed by atoms with van der Waals surface area (Å²) in [5.41, 5.74) is 0. The van der Waals surface area contributed by atoms with Crippen LogP contribution in [0, 0.1) is 0 Å². The van der Waals surface area contributed by atoms with Crippen molar-refractivity contribution in [3.8, 4) is 0 Å². The number of hydrogen-bond acceptors (Lipinski definition) is 2. The van der Waals surface area contributed by atoms with Gasteiger partial charge in [-0.1, -0.05) is 6.08 Å². The molecule has 3 heteroatoms. The van der Waals surface area contributed by atoms with Gasteiger partial charge in [-0.25, -0.2) is 0 Å². The highest BCUT2D eigenvalue weighted by Gasteiger charge is 2.15. The molecule has 0 aromatic carbocycles. The Hall–Kier alpha value is -0.830. The van der Waals surface area contributed by atoms with Crippen LogP contribution < -0.4 is 10.6 Å². The summed E-state index contributed by atoms with van der Waals surface area (Å²) in [6.45, 7) is 5.42. The molecule has 1 fully saturated rings. The van der Waals surface area contributed by atoms with E-state index in [-0.39, 0.29) is 5.91 Å². The predicted octanol–water partition coefficient (Wildman–Crippen LogP) is 0.0406. The molecular formula is C8H14N2O. The molecule has 1 amide bonds. The van der Waals surface area contributed by atoms with Crippen LogP contribution in [0.3, 0.4) is 0 Å². The molecule has 62 valence electrons. The third-order valence-electron chi connectivity index (χ3n) is 1.76. The van der Waals surface area contributed by atoms with E-state index < -0.39 is 0 Å². The number of nitrogens with one attached hydrogen (secondary N) is 2. The standard InChI is InChI=1S/C8H14N2O/c1-2-3-8(11)10-7-4-5-9-6-7/h2,7,9H,1,3-6H2,(H,10,11)/t7-/m1/s1. The van der Waals surface area contributed by atoms with E-state index in [9.17, 15) is 4.79 Å². The zero-order valence-corrected chi connectivity index (χ0v) is 6.60. The Bertz CT molecular complexity index is 150. The summed E-state index contributed by atoms with van der Waals surface area (Å²) in [5, 5.41) is 6.09. The topological polar surface area (TPSA) is 41.1 Å². The van der Waals surface area contributed by atoms with Crippen LogP contribution in [0.25, 0.3) is 0 Å². The molecule has 0 bridgehead atoms. The van der Waals surface area contributed by atoms with Crippen molar-refractivity contribution in [2.45, 2.75) is 18.9 Å². The fourth-order valence-corrected chi connectivity index (χ4v) is 1.20. The first-order valence-electron chi connectivity index (χ1n) is 3.94. The second-order valence-electron chi connectivity index (χ2n) is 2.75. The van der Waals surface area contributed by atoms with Crippen molar-refractivity contribution in [3.63, 3.8) is 0 Å². The Morgan fingerprint density at radius 1 is 1.82 bits per heavy atom. The van der Waals surface area contributed by atoms with Crippen LogP contribution >= 0.6 is 0 Å². The zero-order chi connectivity index (χ0) is 8.10. The molecule has 2 N–H and O–H groups in total. The summed E-state index contributed by atoms with van der Waals surface area (Å²) >= 11 is 0. The van der Waals surface area contributed by atoms with Crippen LogP contribution in [0.1, 0.15) is 12.8 Å². The van der Waals surface area contributed by atoms with Gasteiger partial charge in [0.1, 0.15) is 0 Å². The van der Waals surface area contributed by atoms with Gasteiger partial charge < -0.3 is 10.6 Å². The first-order valence-corrected chi connectivity index (χ1v) is 3.94. The van der Waals surface area contributed by atoms with Crippen molar-refractivity contribution in [2.75, 3.05) is 13.1 Å². The summed E-state index contributed by atoms with van der Waals surface area (Å²) in [5.74, 6) is 0.0775. The molecule has 1 atom stereocenters. The number of carbonyl (C=O) groups excluding carboxylic acids is 1. The van der Waals surface area contributed by atoms with Crippen molar-refractivity contribution >= 4 is 5.91 Å². The highest BCUT2D eigenvalue weighted by Crippen LogP contribution is 1.97. The van der Waals surface area contributed by atoms with Gasteiger partial charge in [0.2, 0.25) is 5.91 Å². The molecule has 1 aliphatic heterocycles. The minimum atomic E-state index is 0.0775. The van der Waals surface area contributed by atoms with E-state index in [1.54, 1.807) is 6.08 Å². The zero-order valence-electron chi connectivity index (χ0n) is 6.60. The van der Waals surface area contributed by atoms with Crippen LogP contribution in [-0.4, -0.2) is 25.0 Å². The SMILES string of the molecule is C=CCC(=O)N[C@@H]1CCNC1. The van der Waals surface area contributed by atoms with Gasteiger partial charge in [0.05, 0.1) is 0 Å². The van der Waals surface area contributed by atoms with Crippen molar-refractivity contribution in [2.24, 2.45) is 0 Å². The first kappa shape index (κ1) is 8.27. The van der Waals surface area contributed by atoms with E-state index in [1.165, 1.54) is 0 Å². The molecular weight excluding hydrogens is 140 g/mol. The van der Waals surface area contributed by atoms with E-state index in [0.717, 1.165) is 19.5 Å². The first-order chi connectivity index (χ1) is 5.33. The lowest BCUT2D eigenvalue weighted by atomic mass is 10.2. The smallest absolute Gasteiger partial charge is 0.224 e. The molecule has 0 aromatic rings. The number of carbonyl (C=O) groups is 1. The molecule has 3 nitrogen and oxygen atoms in total. The van der Waals surface area contributed by atoms with Crippen LogP contribution in [0.5, 0.6) is 0 Å². The Labute approximate surface area is 66.9 Å². The molecule has 0 saturated carbocycles. The summed E-state index contributed by atoms with van der Waals surface area (Å²) in [6, 6.07) is 0.336. The Balaban J connectivity index is 2.18. The maximum atomic E-state index is 11.0. The fraction of sp³-hybridized carbons (Fsp3) is 0.625. The largest absolute Gasteiger partial charge is 0.352 e.